The molecule has 2 aromatic rings. The van der Waals surface area contributed by atoms with E-state index in [-0.39, 0.29) is 6.61 Å². The second kappa shape index (κ2) is 9.30. The van der Waals surface area contributed by atoms with Gasteiger partial charge < -0.3 is 20.5 Å². The Morgan fingerprint density at radius 3 is 2.60 bits per heavy atom. The Morgan fingerprint density at radius 1 is 1.23 bits per heavy atom. The van der Waals surface area contributed by atoms with Gasteiger partial charge in [0.2, 0.25) is 0 Å². The summed E-state index contributed by atoms with van der Waals surface area (Å²) >= 11 is 1.40. The van der Waals surface area contributed by atoms with Crippen molar-refractivity contribution in [3.05, 3.63) is 45.8 Å². The molecular weight excluding hydrogens is 404 g/mol. The number of benzene rings is 1. The zero-order valence-electron chi connectivity index (χ0n) is 17.3. The zero-order valence-corrected chi connectivity index (χ0v) is 18.1. The number of ether oxygens (including phenoxy) is 2. The van der Waals surface area contributed by atoms with Gasteiger partial charge in [0.1, 0.15) is 5.00 Å². The fraction of sp³-hybridized carbons (Fsp3) is 0.409. The third-order valence-electron chi connectivity index (χ3n) is 5.03. The maximum absolute atomic E-state index is 12.7. The average Bonchev–Trinajstić information content (AvgIpc) is 3.05. The van der Waals surface area contributed by atoms with E-state index in [1.807, 2.05) is 0 Å². The fourth-order valence-electron chi connectivity index (χ4n) is 3.37. The van der Waals surface area contributed by atoms with Crippen LogP contribution < -0.4 is 11.1 Å². The Hall–Kier alpha value is -2.87. The summed E-state index contributed by atoms with van der Waals surface area (Å²) in [6.07, 6.45) is 1.59. The molecule has 8 heteroatoms. The smallest absolute Gasteiger partial charge is 0.341 e. The Balaban J connectivity index is 1.75. The molecule has 1 aliphatic rings. The minimum absolute atomic E-state index is 0.253. The Kier molecular flexibility index (Phi) is 6.77. The predicted molar refractivity (Wildman–Crippen MR) is 116 cm³/mol. The highest BCUT2D eigenvalue weighted by Crippen LogP contribution is 2.40. The molecule has 160 valence electrons. The SMILES string of the molecule is CCOC(=O)c1c(NC(=O)C(C)OC(=O)c2ccc(N)cc2)sc2c1CCC(C)C2. The van der Waals surface area contributed by atoms with Gasteiger partial charge in [0.25, 0.3) is 5.91 Å². The molecule has 0 aliphatic heterocycles. The molecule has 0 bridgehead atoms. The van der Waals surface area contributed by atoms with Crippen LogP contribution in [0, 0.1) is 5.92 Å². The summed E-state index contributed by atoms with van der Waals surface area (Å²) in [5.41, 5.74) is 7.83. The summed E-state index contributed by atoms with van der Waals surface area (Å²) < 4.78 is 10.5. The van der Waals surface area contributed by atoms with Crippen LogP contribution in [0.5, 0.6) is 0 Å². The molecule has 3 rings (SSSR count). The van der Waals surface area contributed by atoms with E-state index in [1.165, 1.54) is 30.4 Å². The van der Waals surface area contributed by atoms with Gasteiger partial charge in [-0.1, -0.05) is 6.92 Å². The third kappa shape index (κ3) is 4.81. The Labute approximate surface area is 179 Å². The highest BCUT2D eigenvalue weighted by Gasteiger charge is 2.30. The average molecular weight is 431 g/mol. The van der Waals surface area contributed by atoms with Gasteiger partial charge in [-0.2, -0.15) is 0 Å². The van der Waals surface area contributed by atoms with Crippen LogP contribution in [0.15, 0.2) is 24.3 Å². The van der Waals surface area contributed by atoms with Crippen molar-refractivity contribution >= 4 is 39.9 Å². The lowest BCUT2D eigenvalue weighted by Crippen LogP contribution is -2.30. The van der Waals surface area contributed by atoms with E-state index in [4.69, 9.17) is 15.2 Å². The standard InChI is InChI=1S/C22H26N2O5S/c1-4-28-22(27)18-16-10-5-12(2)11-17(16)30-20(18)24-19(25)13(3)29-21(26)14-6-8-15(23)9-7-14/h6-9,12-13H,4-5,10-11,23H2,1-3H3,(H,24,25). The number of nitrogen functional groups attached to an aromatic ring is 1. The molecule has 1 aliphatic carbocycles. The van der Waals surface area contributed by atoms with Gasteiger partial charge in [0.15, 0.2) is 6.10 Å². The van der Waals surface area contributed by atoms with Gasteiger partial charge in [0, 0.05) is 10.6 Å². The number of rotatable bonds is 6. The van der Waals surface area contributed by atoms with Crippen molar-refractivity contribution in [3.63, 3.8) is 0 Å². The van der Waals surface area contributed by atoms with Crippen LogP contribution in [0.25, 0.3) is 0 Å². The number of esters is 2. The summed E-state index contributed by atoms with van der Waals surface area (Å²) in [4.78, 5) is 38.6. The van der Waals surface area contributed by atoms with Crippen molar-refractivity contribution in [2.75, 3.05) is 17.7 Å². The van der Waals surface area contributed by atoms with Gasteiger partial charge in [-0.15, -0.1) is 11.3 Å². The monoisotopic (exact) mass is 430 g/mol. The van der Waals surface area contributed by atoms with E-state index in [9.17, 15) is 14.4 Å². The lowest BCUT2D eigenvalue weighted by molar-refractivity contribution is -0.123. The number of hydrogen-bond acceptors (Lipinski definition) is 7. The second-order valence-corrected chi connectivity index (χ2v) is 8.54. The van der Waals surface area contributed by atoms with Crippen molar-refractivity contribution in [2.45, 2.75) is 46.1 Å². The molecule has 30 heavy (non-hydrogen) atoms. The summed E-state index contributed by atoms with van der Waals surface area (Å²) in [5, 5.41) is 3.22. The van der Waals surface area contributed by atoms with Crippen LogP contribution in [-0.2, 0) is 27.1 Å². The number of anilines is 2. The van der Waals surface area contributed by atoms with Crippen LogP contribution in [0.1, 0.15) is 58.3 Å². The first-order chi connectivity index (χ1) is 14.3. The molecule has 1 heterocycles. The number of fused-ring (bicyclic) bond motifs is 1. The van der Waals surface area contributed by atoms with E-state index >= 15 is 0 Å². The highest BCUT2D eigenvalue weighted by atomic mass is 32.1. The molecule has 3 N–H and O–H groups in total. The number of nitrogens with one attached hydrogen (secondary N) is 1. The lowest BCUT2D eigenvalue weighted by atomic mass is 9.88. The zero-order chi connectivity index (χ0) is 21.8. The molecule has 7 nitrogen and oxygen atoms in total. The first kappa shape index (κ1) is 21.8. The van der Waals surface area contributed by atoms with E-state index in [0.29, 0.717) is 27.7 Å². The second-order valence-electron chi connectivity index (χ2n) is 7.44. The van der Waals surface area contributed by atoms with Gasteiger partial charge in [-0.3, -0.25) is 4.79 Å². The molecule has 0 saturated heterocycles. The minimum atomic E-state index is -1.04. The minimum Gasteiger partial charge on any atom is -0.462 e. The maximum atomic E-state index is 12.7. The normalized spacial score (nSPS) is 16.3. The number of carbonyl (C=O) groups excluding carboxylic acids is 3. The molecular formula is C22H26N2O5S. The lowest BCUT2D eigenvalue weighted by Gasteiger charge is -2.18. The number of thiophene rings is 1. The molecule has 1 aromatic heterocycles. The van der Waals surface area contributed by atoms with E-state index in [0.717, 1.165) is 29.7 Å². The van der Waals surface area contributed by atoms with Crippen molar-refractivity contribution in [1.82, 2.24) is 0 Å². The number of carbonyl (C=O) groups is 3. The predicted octanol–water partition coefficient (Wildman–Crippen LogP) is 3.82. The van der Waals surface area contributed by atoms with Crippen LogP contribution >= 0.6 is 11.3 Å². The Morgan fingerprint density at radius 2 is 1.93 bits per heavy atom. The van der Waals surface area contributed by atoms with Crippen molar-refractivity contribution in [1.29, 1.82) is 0 Å². The van der Waals surface area contributed by atoms with E-state index in [1.54, 1.807) is 19.1 Å². The van der Waals surface area contributed by atoms with Crippen LogP contribution in [0.3, 0.4) is 0 Å². The number of amides is 1. The summed E-state index contributed by atoms with van der Waals surface area (Å²) in [7, 11) is 0. The molecule has 2 atom stereocenters. The number of nitrogens with two attached hydrogens (primary N) is 1. The molecule has 0 spiro atoms. The molecule has 0 saturated carbocycles. The maximum Gasteiger partial charge on any atom is 0.341 e. The summed E-state index contributed by atoms with van der Waals surface area (Å²) in [6, 6.07) is 6.25. The van der Waals surface area contributed by atoms with Gasteiger partial charge in [-0.05, 0) is 68.9 Å². The topological polar surface area (TPSA) is 108 Å². The molecule has 0 radical (unpaired) electrons. The first-order valence-electron chi connectivity index (χ1n) is 9.99. The Bertz CT molecular complexity index is 951. The van der Waals surface area contributed by atoms with Gasteiger partial charge >= 0.3 is 11.9 Å². The van der Waals surface area contributed by atoms with Crippen LogP contribution in [-0.4, -0.2) is 30.6 Å². The van der Waals surface area contributed by atoms with E-state index in [2.05, 4.69) is 12.2 Å². The van der Waals surface area contributed by atoms with Crippen LogP contribution in [0.4, 0.5) is 10.7 Å². The van der Waals surface area contributed by atoms with Crippen molar-refractivity contribution < 1.29 is 23.9 Å². The number of hydrogen-bond donors (Lipinski definition) is 2. The molecule has 0 fully saturated rings. The quantitative estimate of drug-likeness (QED) is 0.533. The highest BCUT2D eigenvalue weighted by molar-refractivity contribution is 7.17. The third-order valence-corrected chi connectivity index (χ3v) is 6.20. The molecule has 2 unspecified atom stereocenters. The van der Waals surface area contributed by atoms with Crippen molar-refractivity contribution in [2.24, 2.45) is 5.92 Å². The van der Waals surface area contributed by atoms with Crippen molar-refractivity contribution in [3.8, 4) is 0 Å². The summed E-state index contributed by atoms with van der Waals surface area (Å²) in [5.74, 6) is -1.04. The molecule has 1 amide bonds. The van der Waals surface area contributed by atoms with E-state index < -0.39 is 23.9 Å². The fourth-order valence-corrected chi connectivity index (χ4v) is 4.77. The van der Waals surface area contributed by atoms with Crippen LogP contribution in [0.2, 0.25) is 0 Å². The largest absolute Gasteiger partial charge is 0.462 e. The first-order valence-corrected chi connectivity index (χ1v) is 10.8. The summed E-state index contributed by atoms with van der Waals surface area (Å²) in [6.45, 7) is 5.66. The van der Waals surface area contributed by atoms with Gasteiger partial charge in [-0.25, -0.2) is 9.59 Å². The van der Waals surface area contributed by atoms with Gasteiger partial charge in [0.05, 0.1) is 17.7 Å². The molecule has 1 aromatic carbocycles.